The highest BCUT2D eigenvalue weighted by molar-refractivity contribution is 9.10. The molecule has 21 heavy (non-hydrogen) atoms. The first-order valence-electron chi connectivity index (χ1n) is 6.23. The van der Waals surface area contributed by atoms with Gasteiger partial charge in [-0.15, -0.1) is 11.3 Å². The molecule has 0 bridgehead atoms. The lowest BCUT2D eigenvalue weighted by Crippen LogP contribution is -2.28. The second-order valence-electron chi connectivity index (χ2n) is 4.25. The molecule has 1 atom stereocenters. The van der Waals surface area contributed by atoms with Gasteiger partial charge in [-0.05, 0) is 40.5 Å². The van der Waals surface area contributed by atoms with Crippen LogP contribution in [0.5, 0.6) is 5.75 Å². The van der Waals surface area contributed by atoms with Crippen molar-refractivity contribution in [2.24, 2.45) is 0 Å². The van der Waals surface area contributed by atoms with Crippen LogP contribution in [0.25, 0.3) is 0 Å². The molecule has 0 aliphatic rings. The summed E-state index contributed by atoms with van der Waals surface area (Å²) < 4.78 is 33.3. The largest absolute Gasteiger partial charge is 0.496 e. The Morgan fingerprint density at radius 1 is 1.48 bits per heavy atom. The van der Waals surface area contributed by atoms with Gasteiger partial charge in [-0.1, -0.05) is 6.92 Å². The number of hydrogen-bond acceptors (Lipinski definition) is 5. The first kappa shape index (κ1) is 16.4. The monoisotopic (exact) mass is 390 g/mol. The molecule has 0 saturated carbocycles. The third-order valence-corrected chi connectivity index (χ3v) is 5.87. The van der Waals surface area contributed by atoms with Crippen molar-refractivity contribution in [2.45, 2.75) is 24.3 Å². The van der Waals surface area contributed by atoms with Crippen molar-refractivity contribution in [1.82, 2.24) is 9.71 Å². The summed E-state index contributed by atoms with van der Waals surface area (Å²) in [6.07, 6.45) is 2.30. The van der Waals surface area contributed by atoms with Crippen molar-refractivity contribution < 1.29 is 13.2 Å². The molecule has 0 fully saturated rings. The van der Waals surface area contributed by atoms with E-state index < -0.39 is 10.0 Å². The van der Waals surface area contributed by atoms with E-state index in [0.717, 1.165) is 5.01 Å². The normalized spacial score (nSPS) is 13.1. The van der Waals surface area contributed by atoms with Crippen molar-refractivity contribution in [2.75, 3.05) is 7.11 Å². The molecule has 1 aromatic heterocycles. The minimum atomic E-state index is -3.61. The Balaban J connectivity index is 2.27. The van der Waals surface area contributed by atoms with Crippen molar-refractivity contribution in [3.8, 4) is 5.75 Å². The van der Waals surface area contributed by atoms with E-state index in [4.69, 9.17) is 4.74 Å². The van der Waals surface area contributed by atoms with Crippen molar-refractivity contribution in [1.29, 1.82) is 0 Å². The van der Waals surface area contributed by atoms with Gasteiger partial charge in [0.2, 0.25) is 10.0 Å². The fraction of sp³-hybridized carbons (Fsp3) is 0.308. The maximum absolute atomic E-state index is 12.5. The zero-order chi connectivity index (χ0) is 15.5. The van der Waals surface area contributed by atoms with Gasteiger partial charge >= 0.3 is 0 Å². The Labute approximate surface area is 136 Å². The SMILES string of the molecule is CCC(NS(=O)(=O)c1ccc(OC)c(Br)c1)c1nccs1. The fourth-order valence-electron chi connectivity index (χ4n) is 1.78. The molecular formula is C13H15BrN2O3S2. The van der Waals surface area contributed by atoms with E-state index in [1.165, 1.54) is 30.6 Å². The summed E-state index contributed by atoms with van der Waals surface area (Å²) in [4.78, 5) is 4.36. The molecule has 5 nitrogen and oxygen atoms in total. The molecule has 1 N–H and O–H groups in total. The summed E-state index contributed by atoms with van der Waals surface area (Å²) in [5.41, 5.74) is 0. The minimum Gasteiger partial charge on any atom is -0.496 e. The lowest BCUT2D eigenvalue weighted by atomic mass is 10.3. The summed E-state index contributed by atoms with van der Waals surface area (Å²) in [7, 11) is -2.08. The number of nitrogens with zero attached hydrogens (tertiary/aromatic N) is 1. The molecule has 114 valence electrons. The Kier molecular flexibility index (Phi) is 5.37. The molecule has 0 radical (unpaired) electrons. The number of rotatable bonds is 6. The maximum Gasteiger partial charge on any atom is 0.241 e. The minimum absolute atomic E-state index is 0.185. The van der Waals surface area contributed by atoms with Gasteiger partial charge in [0, 0.05) is 11.6 Å². The van der Waals surface area contributed by atoms with Crippen LogP contribution in [0.3, 0.4) is 0 Å². The highest BCUT2D eigenvalue weighted by Gasteiger charge is 2.22. The van der Waals surface area contributed by atoms with Crippen LogP contribution in [0.15, 0.2) is 39.1 Å². The van der Waals surface area contributed by atoms with E-state index in [0.29, 0.717) is 16.6 Å². The van der Waals surface area contributed by atoms with Crippen LogP contribution >= 0.6 is 27.3 Å². The summed E-state index contributed by atoms with van der Waals surface area (Å²) >= 11 is 4.73. The molecule has 1 unspecified atom stereocenters. The molecule has 0 spiro atoms. The summed E-state index contributed by atoms with van der Waals surface area (Å²) in [6, 6.07) is 4.33. The zero-order valence-corrected chi connectivity index (χ0v) is 14.8. The highest BCUT2D eigenvalue weighted by atomic mass is 79.9. The summed E-state index contributed by atoms with van der Waals surface area (Å²) in [5.74, 6) is 0.584. The average molecular weight is 391 g/mol. The molecule has 1 heterocycles. The van der Waals surface area contributed by atoms with Crippen LogP contribution in [0, 0.1) is 0 Å². The van der Waals surface area contributed by atoms with Gasteiger partial charge in [-0.2, -0.15) is 0 Å². The predicted octanol–water partition coefficient (Wildman–Crippen LogP) is 3.34. The first-order valence-corrected chi connectivity index (χ1v) is 9.38. The first-order chi connectivity index (χ1) is 9.97. The molecule has 8 heteroatoms. The Morgan fingerprint density at radius 2 is 2.24 bits per heavy atom. The van der Waals surface area contributed by atoms with Crippen LogP contribution < -0.4 is 9.46 Å². The van der Waals surface area contributed by atoms with E-state index in [2.05, 4.69) is 25.6 Å². The van der Waals surface area contributed by atoms with Gasteiger partial charge in [0.25, 0.3) is 0 Å². The molecule has 0 aliphatic carbocycles. The standard InChI is InChI=1S/C13H15BrN2O3S2/c1-3-11(13-15-6-7-20-13)16-21(17,18)9-4-5-12(19-2)10(14)8-9/h4-8,11,16H,3H2,1-2H3. The van der Waals surface area contributed by atoms with Gasteiger partial charge in [0.1, 0.15) is 10.8 Å². The molecule has 2 rings (SSSR count). The van der Waals surface area contributed by atoms with Crippen LogP contribution in [0.4, 0.5) is 0 Å². The van der Waals surface area contributed by atoms with E-state index >= 15 is 0 Å². The Hall–Kier alpha value is -0.960. The lowest BCUT2D eigenvalue weighted by molar-refractivity contribution is 0.411. The van der Waals surface area contributed by atoms with E-state index in [1.54, 1.807) is 12.3 Å². The number of hydrogen-bond donors (Lipinski definition) is 1. The van der Waals surface area contributed by atoms with Gasteiger partial charge in [-0.3, -0.25) is 0 Å². The fourth-order valence-corrected chi connectivity index (χ4v) is 4.63. The van der Waals surface area contributed by atoms with Crippen LogP contribution in [0.1, 0.15) is 24.4 Å². The summed E-state index contributed by atoms with van der Waals surface area (Å²) in [6.45, 7) is 1.92. The smallest absolute Gasteiger partial charge is 0.241 e. The van der Waals surface area contributed by atoms with Gasteiger partial charge in [0.05, 0.1) is 22.5 Å². The number of thiazole rings is 1. The van der Waals surface area contributed by atoms with Crippen molar-refractivity contribution in [3.05, 3.63) is 39.3 Å². The zero-order valence-electron chi connectivity index (χ0n) is 11.5. The van der Waals surface area contributed by atoms with Gasteiger partial charge < -0.3 is 4.74 Å². The van der Waals surface area contributed by atoms with Crippen molar-refractivity contribution >= 4 is 37.3 Å². The van der Waals surface area contributed by atoms with Crippen LogP contribution in [-0.4, -0.2) is 20.5 Å². The Morgan fingerprint density at radius 3 is 2.76 bits per heavy atom. The number of aromatic nitrogens is 1. The van der Waals surface area contributed by atoms with Crippen LogP contribution in [0.2, 0.25) is 0 Å². The van der Waals surface area contributed by atoms with Gasteiger partial charge in [0.15, 0.2) is 0 Å². The predicted molar refractivity (Wildman–Crippen MR) is 86.2 cm³/mol. The quantitative estimate of drug-likeness (QED) is 0.820. The molecular weight excluding hydrogens is 376 g/mol. The number of halogens is 1. The number of benzene rings is 1. The van der Waals surface area contributed by atoms with Crippen molar-refractivity contribution in [3.63, 3.8) is 0 Å². The maximum atomic E-state index is 12.5. The van der Waals surface area contributed by atoms with Gasteiger partial charge in [-0.25, -0.2) is 18.1 Å². The number of methoxy groups -OCH3 is 1. The Bertz CT molecular complexity index is 702. The van der Waals surface area contributed by atoms with E-state index in [-0.39, 0.29) is 10.9 Å². The lowest BCUT2D eigenvalue weighted by Gasteiger charge is -2.15. The summed E-state index contributed by atoms with van der Waals surface area (Å²) in [5, 5.41) is 2.59. The van der Waals surface area contributed by atoms with E-state index in [9.17, 15) is 8.42 Å². The molecule has 0 amide bonds. The van der Waals surface area contributed by atoms with Crippen LogP contribution in [-0.2, 0) is 10.0 Å². The molecule has 0 aliphatic heterocycles. The third-order valence-electron chi connectivity index (χ3n) is 2.89. The topological polar surface area (TPSA) is 68.3 Å². The number of sulfonamides is 1. The molecule has 1 aromatic carbocycles. The second-order valence-corrected chi connectivity index (χ2v) is 7.74. The molecule has 2 aromatic rings. The average Bonchev–Trinajstić information content (AvgIpc) is 2.98. The second kappa shape index (κ2) is 6.87. The number of nitrogens with one attached hydrogen (secondary N) is 1. The number of ether oxygens (including phenoxy) is 1. The van der Waals surface area contributed by atoms with E-state index in [1.807, 2.05) is 12.3 Å². The molecule has 0 saturated heterocycles. The third kappa shape index (κ3) is 3.82. The highest BCUT2D eigenvalue weighted by Crippen LogP contribution is 2.28.